The number of aryl methyl sites for hydroxylation is 1. The first-order chi connectivity index (χ1) is 11.3. The number of thiophene rings is 1. The summed E-state index contributed by atoms with van der Waals surface area (Å²) >= 11 is 1.48. The van der Waals surface area contributed by atoms with E-state index in [4.69, 9.17) is 4.98 Å². The quantitative estimate of drug-likeness (QED) is 0.689. The molecular formula is C16H19N5OS. The number of hydrogen-bond acceptors (Lipinski definition) is 5. The lowest BCUT2D eigenvalue weighted by atomic mass is 10.0. The SMILES string of the molecule is CCc1[nH]ncc1-c1cc2nc(C3CCCCN3)[nH]c(=O)c2s1. The van der Waals surface area contributed by atoms with E-state index in [1.165, 1.54) is 24.2 Å². The maximum Gasteiger partial charge on any atom is 0.268 e. The van der Waals surface area contributed by atoms with Gasteiger partial charge in [-0.2, -0.15) is 5.10 Å². The van der Waals surface area contributed by atoms with Gasteiger partial charge in [-0.05, 0) is 31.9 Å². The van der Waals surface area contributed by atoms with Gasteiger partial charge in [0, 0.05) is 16.1 Å². The van der Waals surface area contributed by atoms with E-state index in [1.807, 2.05) is 12.3 Å². The second-order valence-corrected chi connectivity index (χ2v) is 6.95. The second-order valence-electron chi connectivity index (χ2n) is 5.89. The van der Waals surface area contributed by atoms with Crippen LogP contribution in [0.5, 0.6) is 0 Å². The molecule has 7 heteroatoms. The third-order valence-corrected chi connectivity index (χ3v) is 5.54. The summed E-state index contributed by atoms with van der Waals surface area (Å²) in [6, 6.07) is 2.16. The van der Waals surface area contributed by atoms with Gasteiger partial charge in [-0.25, -0.2) is 4.98 Å². The fourth-order valence-corrected chi connectivity index (χ4v) is 4.16. The number of nitrogens with zero attached hydrogens (tertiary/aromatic N) is 2. The topological polar surface area (TPSA) is 86.5 Å². The zero-order valence-corrected chi connectivity index (χ0v) is 13.8. The van der Waals surface area contributed by atoms with Crippen molar-refractivity contribution in [1.82, 2.24) is 25.5 Å². The highest BCUT2D eigenvalue weighted by molar-refractivity contribution is 7.22. The van der Waals surface area contributed by atoms with Crippen LogP contribution < -0.4 is 10.9 Å². The Kier molecular flexibility index (Phi) is 3.74. The second kappa shape index (κ2) is 5.90. The summed E-state index contributed by atoms with van der Waals surface area (Å²) < 4.78 is 0.683. The summed E-state index contributed by atoms with van der Waals surface area (Å²) in [5.74, 6) is 0.759. The summed E-state index contributed by atoms with van der Waals surface area (Å²) in [6.07, 6.45) is 6.08. The normalized spacial score (nSPS) is 18.6. The van der Waals surface area contributed by atoms with Gasteiger partial charge in [-0.1, -0.05) is 13.3 Å². The summed E-state index contributed by atoms with van der Waals surface area (Å²) in [4.78, 5) is 21.2. The maximum atomic E-state index is 12.4. The van der Waals surface area contributed by atoms with E-state index in [2.05, 4.69) is 27.4 Å². The molecule has 6 nitrogen and oxygen atoms in total. The van der Waals surface area contributed by atoms with E-state index < -0.39 is 0 Å². The van der Waals surface area contributed by atoms with Crippen LogP contribution in [0.3, 0.4) is 0 Å². The summed E-state index contributed by atoms with van der Waals surface area (Å²) in [6.45, 7) is 3.07. The van der Waals surface area contributed by atoms with Crippen molar-refractivity contribution >= 4 is 21.6 Å². The van der Waals surface area contributed by atoms with Crippen molar-refractivity contribution in [3.63, 3.8) is 0 Å². The molecule has 4 rings (SSSR count). The van der Waals surface area contributed by atoms with Gasteiger partial charge < -0.3 is 10.3 Å². The van der Waals surface area contributed by atoms with Crippen molar-refractivity contribution in [1.29, 1.82) is 0 Å². The lowest BCUT2D eigenvalue weighted by Gasteiger charge is -2.22. The number of piperidine rings is 1. The van der Waals surface area contributed by atoms with E-state index in [-0.39, 0.29) is 11.6 Å². The van der Waals surface area contributed by atoms with E-state index in [9.17, 15) is 4.79 Å². The van der Waals surface area contributed by atoms with Crippen molar-refractivity contribution in [2.75, 3.05) is 6.54 Å². The lowest BCUT2D eigenvalue weighted by Crippen LogP contribution is -2.29. The highest BCUT2D eigenvalue weighted by atomic mass is 32.1. The van der Waals surface area contributed by atoms with Gasteiger partial charge in [-0.3, -0.25) is 9.89 Å². The molecule has 1 unspecified atom stereocenters. The third kappa shape index (κ3) is 2.60. The number of rotatable bonds is 3. The molecule has 3 aromatic rings. The van der Waals surface area contributed by atoms with Crippen LogP contribution in [0.1, 0.15) is 43.7 Å². The average Bonchev–Trinajstić information content (AvgIpc) is 3.21. The number of hydrogen-bond donors (Lipinski definition) is 3. The molecule has 3 aromatic heterocycles. The highest BCUT2D eigenvalue weighted by Crippen LogP contribution is 2.33. The van der Waals surface area contributed by atoms with Gasteiger partial charge in [0.2, 0.25) is 0 Å². The molecule has 1 aliphatic rings. The van der Waals surface area contributed by atoms with Crippen molar-refractivity contribution in [2.45, 2.75) is 38.6 Å². The molecular weight excluding hydrogens is 310 g/mol. The number of fused-ring (bicyclic) bond motifs is 1. The van der Waals surface area contributed by atoms with E-state index in [1.54, 1.807) is 0 Å². The Bertz CT molecular complexity index is 887. The molecule has 1 aliphatic heterocycles. The molecule has 0 radical (unpaired) electrons. The van der Waals surface area contributed by atoms with E-state index in [0.29, 0.717) is 4.70 Å². The fourth-order valence-electron chi connectivity index (χ4n) is 3.14. The minimum atomic E-state index is -0.0461. The van der Waals surface area contributed by atoms with Gasteiger partial charge in [-0.15, -0.1) is 11.3 Å². The van der Waals surface area contributed by atoms with Crippen LogP contribution in [0, 0.1) is 0 Å². The van der Waals surface area contributed by atoms with Crippen LogP contribution in [0.2, 0.25) is 0 Å². The maximum absolute atomic E-state index is 12.4. The van der Waals surface area contributed by atoms with Gasteiger partial charge in [0.25, 0.3) is 5.56 Å². The monoisotopic (exact) mass is 329 g/mol. The molecule has 1 saturated heterocycles. The van der Waals surface area contributed by atoms with Gasteiger partial charge >= 0.3 is 0 Å². The minimum absolute atomic E-state index is 0.0461. The number of aromatic amines is 2. The molecule has 0 saturated carbocycles. The van der Waals surface area contributed by atoms with E-state index in [0.717, 1.165) is 46.9 Å². The molecule has 120 valence electrons. The summed E-state index contributed by atoms with van der Waals surface area (Å²) in [5, 5.41) is 10.6. The average molecular weight is 329 g/mol. The van der Waals surface area contributed by atoms with Gasteiger partial charge in [0.05, 0.1) is 17.8 Å². The Morgan fingerprint density at radius 2 is 2.30 bits per heavy atom. The van der Waals surface area contributed by atoms with Gasteiger partial charge in [0.1, 0.15) is 10.5 Å². The van der Waals surface area contributed by atoms with Crippen LogP contribution in [-0.2, 0) is 6.42 Å². The minimum Gasteiger partial charge on any atom is -0.308 e. The van der Waals surface area contributed by atoms with Crippen LogP contribution in [0.15, 0.2) is 17.1 Å². The smallest absolute Gasteiger partial charge is 0.268 e. The van der Waals surface area contributed by atoms with Crippen molar-refractivity contribution in [3.05, 3.63) is 34.1 Å². The molecule has 0 aliphatic carbocycles. The number of aromatic nitrogens is 4. The van der Waals surface area contributed by atoms with E-state index >= 15 is 0 Å². The lowest BCUT2D eigenvalue weighted by molar-refractivity contribution is 0.397. The van der Waals surface area contributed by atoms with Crippen molar-refractivity contribution < 1.29 is 0 Å². The molecule has 0 bridgehead atoms. The zero-order valence-electron chi connectivity index (χ0n) is 13.0. The summed E-state index contributed by atoms with van der Waals surface area (Å²) in [5.41, 5.74) is 2.88. The Hall–Kier alpha value is -1.99. The van der Waals surface area contributed by atoms with Crippen LogP contribution in [0.4, 0.5) is 0 Å². The molecule has 4 heterocycles. The Balaban J connectivity index is 1.79. The first kappa shape index (κ1) is 14.6. The first-order valence-corrected chi connectivity index (χ1v) is 8.87. The molecule has 0 aromatic carbocycles. The summed E-state index contributed by atoms with van der Waals surface area (Å²) in [7, 11) is 0. The number of nitrogens with one attached hydrogen (secondary N) is 3. The Labute approximate surface area is 137 Å². The molecule has 0 spiro atoms. The predicted octanol–water partition coefficient (Wildman–Crippen LogP) is 2.75. The van der Waals surface area contributed by atoms with Crippen molar-refractivity contribution in [3.8, 4) is 10.4 Å². The first-order valence-electron chi connectivity index (χ1n) is 8.06. The third-order valence-electron chi connectivity index (χ3n) is 4.38. The number of H-pyrrole nitrogens is 2. The van der Waals surface area contributed by atoms with Crippen LogP contribution in [-0.4, -0.2) is 26.7 Å². The molecule has 1 atom stereocenters. The van der Waals surface area contributed by atoms with Gasteiger partial charge in [0.15, 0.2) is 0 Å². The fraction of sp³-hybridized carbons (Fsp3) is 0.438. The van der Waals surface area contributed by atoms with Crippen molar-refractivity contribution in [2.24, 2.45) is 0 Å². The highest BCUT2D eigenvalue weighted by Gasteiger charge is 2.19. The van der Waals surface area contributed by atoms with Crippen LogP contribution in [0.25, 0.3) is 20.7 Å². The zero-order chi connectivity index (χ0) is 15.8. The molecule has 23 heavy (non-hydrogen) atoms. The standard InChI is InChI=1S/C16H19N5OS/c1-2-10-9(8-18-21-10)13-7-12-14(23-13)16(22)20-15(19-12)11-5-3-4-6-17-11/h7-8,11,17H,2-6H2,1H3,(H,18,21)(H,19,20,22). The molecule has 0 amide bonds. The molecule has 3 N–H and O–H groups in total. The molecule has 1 fully saturated rings. The predicted molar refractivity (Wildman–Crippen MR) is 91.8 cm³/mol. The largest absolute Gasteiger partial charge is 0.308 e. The Morgan fingerprint density at radius 1 is 1.39 bits per heavy atom. The van der Waals surface area contributed by atoms with Crippen LogP contribution >= 0.6 is 11.3 Å². The Morgan fingerprint density at radius 3 is 3.09 bits per heavy atom.